The summed E-state index contributed by atoms with van der Waals surface area (Å²) in [7, 11) is 0. The highest BCUT2D eigenvalue weighted by Crippen LogP contribution is 2.38. The molecular weight excluding hydrogens is 422 g/mol. The number of halogens is 2. The minimum Gasteiger partial charge on any atom is -0.477 e. The average molecular weight is 448 g/mol. The largest absolute Gasteiger partial charge is 0.477 e. The minimum absolute atomic E-state index is 0.0265. The first-order valence-corrected chi connectivity index (χ1v) is 10.6. The van der Waals surface area contributed by atoms with Crippen LogP contribution in [0, 0.1) is 5.92 Å². The van der Waals surface area contributed by atoms with Gasteiger partial charge in [0.1, 0.15) is 5.75 Å². The van der Waals surface area contributed by atoms with Crippen molar-refractivity contribution < 1.29 is 27.7 Å². The van der Waals surface area contributed by atoms with Crippen molar-refractivity contribution in [1.29, 1.82) is 0 Å². The minimum atomic E-state index is -2.94. The molecule has 0 unspecified atom stereocenters. The van der Waals surface area contributed by atoms with Crippen molar-refractivity contribution in [1.82, 2.24) is 15.6 Å². The molecule has 2 aromatic rings. The van der Waals surface area contributed by atoms with Gasteiger partial charge in [0.25, 0.3) is 0 Å². The highest BCUT2D eigenvalue weighted by Gasteiger charge is 2.22. The standard InChI is InChI=1S/C22H26F2N4O4/c1-2-25-22(27-10-15-5-6-20(26-9-15)29-12-14-3-4-14)28-11-16-7-18-19(31-13-30-18)8-17(16)32-21(23)24/h5-9,14,21H,2-4,10-13H2,1H3,(H2,25,27,28). The molecule has 8 nitrogen and oxygen atoms in total. The van der Waals surface area contributed by atoms with Crippen molar-refractivity contribution in [3.8, 4) is 23.1 Å². The second-order valence-electron chi connectivity index (χ2n) is 7.50. The smallest absolute Gasteiger partial charge is 0.387 e. The maximum Gasteiger partial charge on any atom is 0.387 e. The van der Waals surface area contributed by atoms with Gasteiger partial charge in [0.2, 0.25) is 12.7 Å². The number of ether oxygens (including phenoxy) is 4. The molecule has 2 aliphatic rings. The van der Waals surface area contributed by atoms with E-state index in [1.807, 2.05) is 19.1 Å². The van der Waals surface area contributed by atoms with Crippen LogP contribution in [-0.4, -0.2) is 37.5 Å². The Labute approximate surface area is 184 Å². The summed E-state index contributed by atoms with van der Waals surface area (Å²) >= 11 is 0. The molecule has 1 aliphatic heterocycles. The van der Waals surface area contributed by atoms with Gasteiger partial charge in [-0.25, -0.2) is 9.98 Å². The second-order valence-corrected chi connectivity index (χ2v) is 7.50. The maximum atomic E-state index is 12.8. The predicted octanol–water partition coefficient (Wildman–Crippen LogP) is 3.46. The zero-order chi connectivity index (χ0) is 22.3. The number of nitrogens with one attached hydrogen (secondary N) is 2. The summed E-state index contributed by atoms with van der Waals surface area (Å²) in [5.41, 5.74) is 1.42. The SMILES string of the molecule is CCNC(=NCc1ccc(OCC2CC2)nc1)NCc1cc2c(cc1OC(F)F)OCO2. The molecule has 32 heavy (non-hydrogen) atoms. The fourth-order valence-electron chi connectivity index (χ4n) is 3.08. The third-order valence-electron chi connectivity index (χ3n) is 4.94. The molecule has 1 saturated carbocycles. The van der Waals surface area contributed by atoms with E-state index in [1.54, 1.807) is 12.3 Å². The van der Waals surface area contributed by atoms with Crippen molar-refractivity contribution in [2.75, 3.05) is 19.9 Å². The Morgan fingerprint density at radius 2 is 2.03 bits per heavy atom. The summed E-state index contributed by atoms with van der Waals surface area (Å²) in [5, 5.41) is 6.27. The van der Waals surface area contributed by atoms with Crippen molar-refractivity contribution in [3.63, 3.8) is 0 Å². The molecule has 1 aliphatic carbocycles. The normalized spacial score (nSPS) is 15.1. The molecule has 2 heterocycles. The monoisotopic (exact) mass is 448 g/mol. The van der Waals surface area contributed by atoms with Gasteiger partial charge < -0.3 is 29.6 Å². The highest BCUT2D eigenvalue weighted by atomic mass is 19.3. The van der Waals surface area contributed by atoms with Gasteiger partial charge in [-0.2, -0.15) is 8.78 Å². The lowest BCUT2D eigenvalue weighted by Gasteiger charge is -2.15. The van der Waals surface area contributed by atoms with Gasteiger partial charge in [0, 0.05) is 37.0 Å². The first kappa shape index (κ1) is 21.9. The number of pyridine rings is 1. The van der Waals surface area contributed by atoms with Crippen LogP contribution in [0.1, 0.15) is 30.9 Å². The number of alkyl halides is 2. The topological polar surface area (TPSA) is 86.2 Å². The van der Waals surface area contributed by atoms with Crippen LogP contribution < -0.4 is 29.6 Å². The predicted molar refractivity (Wildman–Crippen MR) is 113 cm³/mol. The molecule has 0 spiro atoms. The highest BCUT2D eigenvalue weighted by molar-refractivity contribution is 5.79. The summed E-state index contributed by atoms with van der Waals surface area (Å²) in [6.45, 7) is 0.998. The van der Waals surface area contributed by atoms with Gasteiger partial charge >= 0.3 is 6.61 Å². The van der Waals surface area contributed by atoms with Crippen LogP contribution in [0.3, 0.4) is 0 Å². The van der Waals surface area contributed by atoms with E-state index < -0.39 is 6.61 Å². The van der Waals surface area contributed by atoms with E-state index >= 15 is 0 Å². The number of nitrogens with zero attached hydrogens (tertiary/aromatic N) is 2. The van der Waals surface area contributed by atoms with E-state index in [2.05, 4.69) is 25.3 Å². The van der Waals surface area contributed by atoms with Crippen LogP contribution in [-0.2, 0) is 13.1 Å². The van der Waals surface area contributed by atoms with Crippen LogP contribution in [0.5, 0.6) is 23.1 Å². The number of guanidine groups is 1. The summed E-state index contributed by atoms with van der Waals surface area (Å²) in [6, 6.07) is 6.80. The van der Waals surface area contributed by atoms with Gasteiger partial charge in [-0.15, -0.1) is 0 Å². The summed E-state index contributed by atoms with van der Waals surface area (Å²) in [5.74, 6) is 2.71. The van der Waals surface area contributed by atoms with Crippen LogP contribution in [0.15, 0.2) is 35.5 Å². The Bertz CT molecular complexity index is 936. The molecule has 0 saturated heterocycles. The van der Waals surface area contributed by atoms with E-state index in [4.69, 9.17) is 14.2 Å². The van der Waals surface area contributed by atoms with Crippen molar-refractivity contribution in [3.05, 3.63) is 41.6 Å². The lowest BCUT2D eigenvalue weighted by Crippen LogP contribution is -2.36. The number of aliphatic imine (C=N–C) groups is 1. The molecule has 0 radical (unpaired) electrons. The molecule has 172 valence electrons. The van der Waals surface area contributed by atoms with Gasteiger partial charge in [-0.1, -0.05) is 6.07 Å². The van der Waals surface area contributed by atoms with Crippen molar-refractivity contribution >= 4 is 5.96 Å². The van der Waals surface area contributed by atoms with Crippen LogP contribution in [0.4, 0.5) is 8.78 Å². The van der Waals surface area contributed by atoms with E-state index in [9.17, 15) is 8.78 Å². The third-order valence-corrected chi connectivity index (χ3v) is 4.94. The van der Waals surface area contributed by atoms with Gasteiger partial charge in [-0.3, -0.25) is 0 Å². The number of fused-ring (bicyclic) bond motifs is 1. The number of hydrogen-bond acceptors (Lipinski definition) is 6. The molecule has 1 aromatic heterocycles. The Kier molecular flexibility index (Phi) is 7.08. The van der Waals surface area contributed by atoms with E-state index in [0.717, 1.165) is 12.2 Å². The maximum absolute atomic E-state index is 12.8. The molecule has 0 bridgehead atoms. The Hall–Kier alpha value is -3.30. The molecule has 10 heteroatoms. The van der Waals surface area contributed by atoms with Crippen LogP contribution in [0.25, 0.3) is 0 Å². The van der Waals surface area contributed by atoms with Gasteiger partial charge in [-0.05, 0) is 37.3 Å². The van der Waals surface area contributed by atoms with E-state index in [1.165, 1.54) is 18.9 Å². The number of hydrogen-bond donors (Lipinski definition) is 2. The molecular formula is C22H26F2N4O4. The fourth-order valence-corrected chi connectivity index (χ4v) is 3.08. The fraction of sp³-hybridized carbons (Fsp3) is 0.455. The zero-order valence-corrected chi connectivity index (χ0v) is 17.8. The lowest BCUT2D eigenvalue weighted by molar-refractivity contribution is -0.0505. The zero-order valence-electron chi connectivity index (χ0n) is 17.8. The molecule has 0 amide bonds. The van der Waals surface area contributed by atoms with Crippen LogP contribution in [0.2, 0.25) is 0 Å². The van der Waals surface area contributed by atoms with Gasteiger partial charge in [0.15, 0.2) is 17.5 Å². The van der Waals surface area contributed by atoms with Crippen LogP contribution >= 0.6 is 0 Å². The molecule has 0 atom stereocenters. The lowest BCUT2D eigenvalue weighted by atomic mass is 10.1. The Morgan fingerprint density at radius 3 is 2.72 bits per heavy atom. The third kappa shape index (κ3) is 6.12. The Balaban J connectivity index is 1.38. The molecule has 1 fully saturated rings. The van der Waals surface area contributed by atoms with Gasteiger partial charge in [0.05, 0.1) is 13.2 Å². The van der Waals surface area contributed by atoms with E-state index in [0.29, 0.717) is 47.9 Å². The summed E-state index contributed by atoms with van der Waals surface area (Å²) < 4.78 is 46.6. The number of aromatic nitrogens is 1. The van der Waals surface area contributed by atoms with Crippen molar-refractivity contribution in [2.45, 2.75) is 39.5 Å². The van der Waals surface area contributed by atoms with E-state index in [-0.39, 0.29) is 19.1 Å². The molecule has 2 N–H and O–H groups in total. The first-order valence-electron chi connectivity index (χ1n) is 10.6. The Morgan fingerprint density at radius 1 is 1.22 bits per heavy atom. The molecule has 4 rings (SSSR count). The summed E-state index contributed by atoms with van der Waals surface area (Å²) in [4.78, 5) is 8.87. The summed E-state index contributed by atoms with van der Waals surface area (Å²) in [6.07, 6.45) is 4.20. The average Bonchev–Trinajstić information content (AvgIpc) is 3.51. The van der Waals surface area contributed by atoms with Crippen molar-refractivity contribution in [2.24, 2.45) is 10.9 Å². The second kappa shape index (κ2) is 10.3. The first-order chi connectivity index (χ1) is 15.6. The number of benzene rings is 1. The number of rotatable bonds is 10. The molecule has 1 aromatic carbocycles. The quantitative estimate of drug-likeness (QED) is 0.425.